The number of hydrogen-bond donors (Lipinski definition) is 2. The van der Waals surface area contributed by atoms with Gasteiger partial charge in [0, 0.05) is 29.6 Å². The maximum atomic E-state index is 6.02. The molecule has 106 valence electrons. The molecule has 1 fully saturated rings. The van der Waals surface area contributed by atoms with E-state index in [0.29, 0.717) is 0 Å². The molecule has 0 bridgehead atoms. The second-order valence-corrected chi connectivity index (χ2v) is 5.88. The Balaban J connectivity index is 1.86. The van der Waals surface area contributed by atoms with Crippen LogP contribution in [-0.4, -0.2) is 40.6 Å². The monoisotopic (exact) mass is 289 g/mol. The number of aromatic nitrogens is 3. The van der Waals surface area contributed by atoms with Crippen molar-refractivity contribution in [2.24, 2.45) is 5.73 Å². The van der Waals surface area contributed by atoms with Crippen molar-refractivity contribution in [2.45, 2.75) is 23.8 Å². The first kappa shape index (κ1) is 13.5. The molecule has 6 heteroatoms. The van der Waals surface area contributed by atoms with Crippen LogP contribution >= 0.6 is 11.8 Å². The molecule has 2 aromatic rings. The largest absolute Gasteiger partial charge is 0.338 e. The smallest absolute Gasteiger partial charge is 0.245 e. The number of rotatable bonds is 3. The minimum absolute atomic E-state index is 0.226. The van der Waals surface area contributed by atoms with Gasteiger partial charge in [-0.1, -0.05) is 18.2 Å². The van der Waals surface area contributed by atoms with Crippen LogP contribution in [0, 0.1) is 0 Å². The van der Waals surface area contributed by atoms with Crippen molar-refractivity contribution in [2.75, 3.05) is 24.2 Å². The van der Waals surface area contributed by atoms with Crippen molar-refractivity contribution >= 4 is 17.7 Å². The third-order valence-corrected chi connectivity index (χ3v) is 4.37. The SMILES string of the molecule is CSc1ccccc1-c1nc(N2CCCC(N)C2)n[nH]1. The quantitative estimate of drug-likeness (QED) is 0.847. The Hall–Kier alpha value is -1.53. The van der Waals surface area contributed by atoms with Crippen LogP contribution < -0.4 is 10.6 Å². The van der Waals surface area contributed by atoms with E-state index in [9.17, 15) is 0 Å². The lowest BCUT2D eigenvalue weighted by Gasteiger charge is -2.29. The number of nitrogens with zero attached hydrogens (tertiary/aromatic N) is 3. The molecule has 2 heterocycles. The van der Waals surface area contributed by atoms with E-state index >= 15 is 0 Å². The van der Waals surface area contributed by atoms with Crippen LogP contribution in [0.15, 0.2) is 29.2 Å². The van der Waals surface area contributed by atoms with Gasteiger partial charge in [-0.3, -0.25) is 5.10 Å². The van der Waals surface area contributed by atoms with Gasteiger partial charge >= 0.3 is 0 Å². The first-order chi connectivity index (χ1) is 9.78. The van der Waals surface area contributed by atoms with Gasteiger partial charge in [0.2, 0.25) is 5.95 Å². The highest BCUT2D eigenvalue weighted by Crippen LogP contribution is 2.28. The number of nitrogens with one attached hydrogen (secondary N) is 1. The molecule has 0 saturated carbocycles. The molecule has 1 unspecified atom stereocenters. The molecule has 1 aliphatic heterocycles. The van der Waals surface area contributed by atoms with Crippen LogP contribution in [0.3, 0.4) is 0 Å². The van der Waals surface area contributed by atoms with Gasteiger partial charge in [-0.15, -0.1) is 16.9 Å². The van der Waals surface area contributed by atoms with Crippen molar-refractivity contribution in [3.05, 3.63) is 24.3 Å². The number of thioether (sulfide) groups is 1. The van der Waals surface area contributed by atoms with E-state index in [-0.39, 0.29) is 6.04 Å². The van der Waals surface area contributed by atoms with Crippen LogP contribution in [0.1, 0.15) is 12.8 Å². The molecule has 0 spiro atoms. The maximum absolute atomic E-state index is 6.02. The second-order valence-electron chi connectivity index (χ2n) is 5.03. The zero-order chi connectivity index (χ0) is 13.9. The molecule has 5 nitrogen and oxygen atoms in total. The van der Waals surface area contributed by atoms with Gasteiger partial charge in [0.05, 0.1) is 0 Å². The van der Waals surface area contributed by atoms with Crippen LogP contribution in [-0.2, 0) is 0 Å². The summed E-state index contributed by atoms with van der Waals surface area (Å²) in [5.74, 6) is 1.58. The molecule has 3 rings (SSSR count). The number of nitrogens with two attached hydrogens (primary N) is 1. The number of aromatic amines is 1. The van der Waals surface area contributed by atoms with Crippen LogP contribution in [0.25, 0.3) is 11.4 Å². The van der Waals surface area contributed by atoms with E-state index in [1.165, 1.54) is 4.90 Å². The van der Waals surface area contributed by atoms with E-state index in [4.69, 9.17) is 5.73 Å². The fraction of sp³-hybridized carbons (Fsp3) is 0.429. The summed E-state index contributed by atoms with van der Waals surface area (Å²) in [6.45, 7) is 1.82. The molecular weight excluding hydrogens is 270 g/mol. The van der Waals surface area contributed by atoms with E-state index < -0.39 is 0 Å². The molecule has 20 heavy (non-hydrogen) atoms. The first-order valence-electron chi connectivity index (χ1n) is 6.84. The van der Waals surface area contributed by atoms with Gasteiger partial charge in [-0.05, 0) is 25.2 Å². The maximum Gasteiger partial charge on any atom is 0.245 e. The fourth-order valence-electron chi connectivity index (χ4n) is 2.55. The highest BCUT2D eigenvalue weighted by Gasteiger charge is 2.20. The van der Waals surface area contributed by atoms with Crippen LogP contribution in [0.2, 0.25) is 0 Å². The van der Waals surface area contributed by atoms with E-state index in [2.05, 4.69) is 38.5 Å². The summed E-state index contributed by atoms with van der Waals surface area (Å²) in [5, 5.41) is 7.40. The van der Waals surface area contributed by atoms with Gasteiger partial charge in [0.15, 0.2) is 5.82 Å². The van der Waals surface area contributed by atoms with Crippen molar-refractivity contribution in [3.63, 3.8) is 0 Å². The van der Waals surface area contributed by atoms with E-state index in [1.54, 1.807) is 11.8 Å². The molecule has 1 aliphatic rings. The van der Waals surface area contributed by atoms with Gasteiger partial charge in [-0.2, -0.15) is 4.98 Å². The number of piperidine rings is 1. The zero-order valence-electron chi connectivity index (χ0n) is 11.5. The number of benzene rings is 1. The third kappa shape index (κ3) is 2.66. The van der Waals surface area contributed by atoms with E-state index in [1.807, 2.05) is 12.1 Å². The average Bonchev–Trinajstić information content (AvgIpc) is 2.97. The first-order valence-corrected chi connectivity index (χ1v) is 8.06. The summed E-state index contributed by atoms with van der Waals surface area (Å²) in [6, 6.07) is 8.45. The summed E-state index contributed by atoms with van der Waals surface area (Å²) in [4.78, 5) is 8.00. The average molecular weight is 289 g/mol. The molecule has 0 radical (unpaired) electrons. The Morgan fingerprint density at radius 3 is 3.05 bits per heavy atom. The van der Waals surface area contributed by atoms with Crippen LogP contribution in [0.4, 0.5) is 5.95 Å². The molecule has 1 aromatic heterocycles. The molecule has 0 amide bonds. The highest BCUT2D eigenvalue weighted by molar-refractivity contribution is 7.98. The van der Waals surface area contributed by atoms with Gasteiger partial charge < -0.3 is 10.6 Å². The summed E-state index contributed by atoms with van der Waals surface area (Å²) < 4.78 is 0. The van der Waals surface area contributed by atoms with Crippen molar-refractivity contribution < 1.29 is 0 Å². The minimum Gasteiger partial charge on any atom is -0.338 e. The predicted octanol–water partition coefficient (Wildman–Crippen LogP) is 2.12. The topological polar surface area (TPSA) is 70.8 Å². The Morgan fingerprint density at radius 2 is 2.25 bits per heavy atom. The lowest BCUT2D eigenvalue weighted by Crippen LogP contribution is -2.43. The molecule has 0 aliphatic carbocycles. The van der Waals surface area contributed by atoms with Crippen molar-refractivity contribution in [1.29, 1.82) is 0 Å². The van der Waals surface area contributed by atoms with Crippen molar-refractivity contribution in [1.82, 2.24) is 15.2 Å². The van der Waals surface area contributed by atoms with Gasteiger partial charge in [0.1, 0.15) is 0 Å². The fourth-order valence-corrected chi connectivity index (χ4v) is 3.15. The number of anilines is 1. The molecule has 1 atom stereocenters. The van der Waals surface area contributed by atoms with E-state index in [0.717, 1.165) is 43.3 Å². The Kier molecular flexibility index (Phi) is 3.93. The Morgan fingerprint density at radius 1 is 1.40 bits per heavy atom. The molecule has 1 aromatic carbocycles. The predicted molar refractivity (Wildman–Crippen MR) is 83.0 cm³/mol. The van der Waals surface area contributed by atoms with Gasteiger partial charge in [-0.25, -0.2) is 0 Å². The molecule has 3 N–H and O–H groups in total. The van der Waals surface area contributed by atoms with Crippen molar-refractivity contribution in [3.8, 4) is 11.4 Å². The summed E-state index contributed by atoms with van der Waals surface area (Å²) >= 11 is 1.71. The zero-order valence-corrected chi connectivity index (χ0v) is 12.4. The standard InChI is InChI=1S/C14H19N5S/c1-20-12-7-3-2-6-11(12)13-16-14(18-17-13)19-8-4-5-10(15)9-19/h2-3,6-7,10H,4-5,8-9,15H2,1H3,(H,16,17,18). The van der Waals surface area contributed by atoms with Gasteiger partial charge in [0.25, 0.3) is 0 Å². The minimum atomic E-state index is 0.226. The third-order valence-electron chi connectivity index (χ3n) is 3.58. The number of H-pyrrole nitrogens is 1. The summed E-state index contributed by atoms with van der Waals surface area (Å²) in [7, 11) is 0. The second kappa shape index (κ2) is 5.85. The summed E-state index contributed by atoms with van der Waals surface area (Å²) in [5.41, 5.74) is 7.11. The number of hydrogen-bond acceptors (Lipinski definition) is 5. The normalized spacial score (nSPS) is 19.3. The summed E-state index contributed by atoms with van der Waals surface area (Å²) in [6.07, 6.45) is 4.26. The highest BCUT2D eigenvalue weighted by atomic mass is 32.2. The Labute approximate surface area is 123 Å². The molecular formula is C14H19N5S. The molecule has 1 saturated heterocycles. The lowest BCUT2D eigenvalue weighted by molar-refractivity contribution is 0.500. The Bertz CT molecular complexity index is 582. The lowest BCUT2D eigenvalue weighted by atomic mass is 10.1. The van der Waals surface area contributed by atoms with Crippen LogP contribution in [0.5, 0.6) is 0 Å².